The van der Waals surface area contributed by atoms with E-state index in [-0.39, 0.29) is 0 Å². The number of allylic oxidation sites excluding steroid dienone is 2. The minimum absolute atomic E-state index is 0.337. The molecule has 1 saturated heterocycles. The van der Waals surface area contributed by atoms with E-state index in [0.717, 1.165) is 25.2 Å². The lowest BCUT2D eigenvalue weighted by Crippen LogP contribution is -2.41. The smallest absolute Gasteiger partial charge is 0.0291 e. The number of nitrogens with zero attached hydrogens (tertiary/aromatic N) is 1. The zero-order valence-electron chi connectivity index (χ0n) is 12.0. The molecule has 0 bridgehead atoms. The Bertz CT molecular complexity index is 278. The highest BCUT2D eigenvalue weighted by atomic mass is 15.2. The maximum atomic E-state index is 4.24. The third kappa shape index (κ3) is 5.29. The predicted molar refractivity (Wildman–Crippen MR) is 75.8 cm³/mol. The Labute approximate surface area is 107 Å². The summed E-state index contributed by atoms with van der Waals surface area (Å²) >= 11 is 0. The van der Waals surface area contributed by atoms with Crippen molar-refractivity contribution in [1.29, 1.82) is 0 Å². The standard InChI is InChI=1S/C15H28N2/c1-12(2)16-14-7-9-17(10-8-14)13(3)11-15(4,5)6/h14,16H,1,3,7-11H2,2,4-6H3. The number of nitrogens with one attached hydrogen (secondary N) is 1. The highest BCUT2D eigenvalue weighted by Crippen LogP contribution is 2.27. The average Bonchev–Trinajstić information content (AvgIpc) is 2.15. The van der Waals surface area contributed by atoms with Gasteiger partial charge in [-0.15, -0.1) is 0 Å². The second-order valence-electron chi connectivity index (χ2n) is 6.49. The Kier molecular flexibility index (Phi) is 4.67. The lowest BCUT2D eigenvalue weighted by Gasteiger charge is -2.37. The van der Waals surface area contributed by atoms with Crippen LogP contribution in [0.1, 0.15) is 47.0 Å². The zero-order chi connectivity index (χ0) is 13.1. The van der Waals surface area contributed by atoms with Crippen LogP contribution in [0.4, 0.5) is 0 Å². The summed E-state index contributed by atoms with van der Waals surface area (Å²) < 4.78 is 0. The second kappa shape index (κ2) is 5.61. The van der Waals surface area contributed by atoms with Gasteiger partial charge in [0.05, 0.1) is 0 Å². The normalized spacial score (nSPS) is 18.0. The van der Waals surface area contributed by atoms with Gasteiger partial charge in [0.25, 0.3) is 0 Å². The van der Waals surface area contributed by atoms with Gasteiger partial charge in [0, 0.05) is 30.5 Å². The van der Waals surface area contributed by atoms with E-state index in [4.69, 9.17) is 0 Å². The average molecular weight is 236 g/mol. The van der Waals surface area contributed by atoms with Crippen LogP contribution in [0.5, 0.6) is 0 Å². The molecule has 0 aliphatic carbocycles. The largest absolute Gasteiger partial charge is 0.386 e. The molecule has 2 heteroatoms. The molecule has 0 aromatic heterocycles. The molecule has 0 saturated carbocycles. The zero-order valence-corrected chi connectivity index (χ0v) is 12.0. The van der Waals surface area contributed by atoms with Crippen LogP contribution in [0.3, 0.4) is 0 Å². The van der Waals surface area contributed by atoms with Crippen molar-refractivity contribution >= 4 is 0 Å². The summed E-state index contributed by atoms with van der Waals surface area (Å²) in [5, 5.41) is 3.44. The third-order valence-electron chi connectivity index (χ3n) is 3.13. The lowest BCUT2D eigenvalue weighted by atomic mass is 9.90. The Morgan fingerprint density at radius 1 is 1.24 bits per heavy atom. The maximum absolute atomic E-state index is 4.24. The van der Waals surface area contributed by atoms with E-state index in [1.54, 1.807) is 0 Å². The first-order chi connectivity index (χ1) is 7.78. The molecule has 0 atom stereocenters. The van der Waals surface area contributed by atoms with Crippen molar-refractivity contribution in [3.05, 3.63) is 24.6 Å². The SMILES string of the molecule is C=C(C)NC1CCN(C(=C)CC(C)(C)C)CC1. The highest BCUT2D eigenvalue weighted by Gasteiger charge is 2.22. The van der Waals surface area contributed by atoms with E-state index in [1.807, 2.05) is 6.92 Å². The van der Waals surface area contributed by atoms with Gasteiger partial charge >= 0.3 is 0 Å². The van der Waals surface area contributed by atoms with Crippen LogP contribution in [0.2, 0.25) is 0 Å². The summed E-state index contributed by atoms with van der Waals surface area (Å²) in [6, 6.07) is 0.603. The Hall–Kier alpha value is -0.920. The van der Waals surface area contributed by atoms with Crippen molar-refractivity contribution in [1.82, 2.24) is 10.2 Å². The lowest BCUT2D eigenvalue weighted by molar-refractivity contribution is 0.226. The van der Waals surface area contributed by atoms with Gasteiger partial charge in [-0.2, -0.15) is 0 Å². The van der Waals surface area contributed by atoms with Gasteiger partial charge in [0.1, 0.15) is 0 Å². The molecular formula is C15H28N2. The van der Waals surface area contributed by atoms with Crippen LogP contribution in [0.15, 0.2) is 24.6 Å². The number of piperidine rings is 1. The fourth-order valence-corrected chi connectivity index (χ4v) is 2.41. The maximum Gasteiger partial charge on any atom is 0.0291 e. The molecule has 1 rings (SSSR count). The Morgan fingerprint density at radius 3 is 2.18 bits per heavy atom. The summed E-state index contributed by atoms with van der Waals surface area (Å²) in [7, 11) is 0. The van der Waals surface area contributed by atoms with Crippen LogP contribution in [0, 0.1) is 5.41 Å². The monoisotopic (exact) mass is 236 g/mol. The topological polar surface area (TPSA) is 15.3 Å². The van der Waals surface area contributed by atoms with Crippen molar-refractivity contribution < 1.29 is 0 Å². The predicted octanol–water partition coefficient (Wildman–Crippen LogP) is 3.52. The van der Waals surface area contributed by atoms with E-state index in [1.165, 1.54) is 18.5 Å². The van der Waals surface area contributed by atoms with Crippen LogP contribution in [-0.2, 0) is 0 Å². The van der Waals surface area contributed by atoms with Crippen molar-refractivity contribution in [3.63, 3.8) is 0 Å². The molecule has 2 nitrogen and oxygen atoms in total. The fourth-order valence-electron chi connectivity index (χ4n) is 2.41. The van der Waals surface area contributed by atoms with E-state index >= 15 is 0 Å². The van der Waals surface area contributed by atoms with Gasteiger partial charge in [-0.3, -0.25) is 0 Å². The molecule has 1 aliphatic heterocycles. The van der Waals surface area contributed by atoms with Gasteiger partial charge in [-0.25, -0.2) is 0 Å². The number of hydrogen-bond donors (Lipinski definition) is 1. The van der Waals surface area contributed by atoms with Crippen molar-refractivity contribution in [2.24, 2.45) is 5.41 Å². The minimum Gasteiger partial charge on any atom is -0.386 e. The van der Waals surface area contributed by atoms with Crippen LogP contribution in [-0.4, -0.2) is 24.0 Å². The molecule has 0 radical (unpaired) electrons. The van der Waals surface area contributed by atoms with Gasteiger partial charge in [-0.1, -0.05) is 33.9 Å². The summed E-state index contributed by atoms with van der Waals surface area (Å²) in [6.45, 7) is 19.2. The minimum atomic E-state index is 0.337. The van der Waals surface area contributed by atoms with Gasteiger partial charge in [0.15, 0.2) is 0 Å². The van der Waals surface area contributed by atoms with E-state index in [9.17, 15) is 0 Å². The van der Waals surface area contributed by atoms with Crippen molar-refractivity contribution in [3.8, 4) is 0 Å². The summed E-state index contributed by atoms with van der Waals surface area (Å²) in [4.78, 5) is 2.45. The second-order valence-corrected chi connectivity index (χ2v) is 6.49. The Morgan fingerprint density at radius 2 is 1.76 bits per heavy atom. The molecule has 1 heterocycles. The molecular weight excluding hydrogens is 208 g/mol. The molecule has 0 aromatic carbocycles. The Balaban J connectivity index is 2.36. The van der Waals surface area contributed by atoms with Gasteiger partial charge in [-0.05, 0) is 31.6 Å². The molecule has 1 aliphatic rings. The summed E-state index contributed by atoms with van der Waals surface area (Å²) in [6.07, 6.45) is 3.47. The number of hydrogen-bond acceptors (Lipinski definition) is 2. The number of likely N-dealkylation sites (tertiary alicyclic amines) is 1. The van der Waals surface area contributed by atoms with Crippen molar-refractivity contribution in [2.75, 3.05) is 13.1 Å². The third-order valence-corrected chi connectivity index (χ3v) is 3.13. The van der Waals surface area contributed by atoms with Crippen molar-refractivity contribution in [2.45, 2.75) is 53.0 Å². The molecule has 17 heavy (non-hydrogen) atoms. The summed E-state index contributed by atoms with van der Waals surface area (Å²) in [5.41, 5.74) is 2.72. The van der Waals surface area contributed by atoms with Gasteiger partial charge < -0.3 is 10.2 Å². The van der Waals surface area contributed by atoms with Crippen LogP contribution < -0.4 is 5.32 Å². The number of rotatable bonds is 4. The molecule has 98 valence electrons. The first kappa shape index (κ1) is 14.1. The molecule has 1 N–H and O–H groups in total. The summed E-state index contributed by atoms with van der Waals surface area (Å²) in [5.74, 6) is 0. The van der Waals surface area contributed by atoms with Gasteiger partial charge in [0.2, 0.25) is 0 Å². The molecule has 0 amide bonds. The van der Waals surface area contributed by atoms with E-state index in [0.29, 0.717) is 11.5 Å². The molecule has 1 fully saturated rings. The van der Waals surface area contributed by atoms with E-state index < -0.39 is 0 Å². The molecule has 0 aromatic rings. The first-order valence-electron chi connectivity index (χ1n) is 6.63. The quantitative estimate of drug-likeness (QED) is 0.803. The highest BCUT2D eigenvalue weighted by molar-refractivity contribution is 5.00. The van der Waals surface area contributed by atoms with Crippen LogP contribution in [0.25, 0.3) is 0 Å². The fraction of sp³-hybridized carbons (Fsp3) is 0.733. The molecule has 0 spiro atoms. The first-order valence-corrected chi connectivity index (χ1v) is 6.63. The van der Waals surface area contributed by atoms with E-state index in [2.05, 4.69) is 44.1 Å². The van der Waals surface area contributed by atoms with Crippen LogP contribution >= 0.6 is 0 Å². The molecule has 0 unspecified atom stereocenters.